The fourth-order valence-electron chi connectivity index (χ4n) is 3.68. The van der Waals surface area contributed by atoms with Crippen molar-refractivity contribution in [1.29, 1.82) is 0 Å². The fraction of sp³-hybridized carbons (Fsp3) is 0.579. The largest absolute Gasteiger partial charge is 0.492 e. The molecule has 0 spiro atoms. The highest BCUT2D eigenvalue weighted by Crippen LogP contribution is 2.45. The minimum Gasteiger partial charge on any atom is -0.492 e. The molecule has 2 N–H and O–H groups in total. The number of ether oxygens (including phenoxy) is 1. The summed E-state index contributed by atoms with van der Waals surface area (Å²) in [6.07, 6.45) is 1.72. The summed E-state index contributed by atoms with van der Waals surface area (Å²) in [5, 5.41) is 20.6. The van der Waals surface area contributed by atoms with E-state index >= 15 is 0 Å². The summed E-state index contributed by atoms with van der Waals surface area (Å²) >= 11 is 6.17. The molecular weight excluding hydrogens is 358 g/mol. The monoisotopic (exact) mass is 381 g/mol. The lowest BCUT2D eigenvalue weighted by atomic mass is 9.73. The third kappa shape index (κ3) is 3.67. The molecule has 2 atom stereocenters. The highest BCUT2D eigenvalue weighted by atomic mass is 35.5. The summed E-state index contributed by atoms with van der Waals surface area (Å²) in [5.74, 6) is -0.466. The zero-order valence-electron chi connectivity index (χ0n) is 14.8. The molecule has 6 nitrogen and oxygen atoms in total. The Balaban J connectivity index is 1.81. The number of nitrogens with zero attached hydrogens (tertiary/aromatic N) is 1. The van der Waals surface area contributed by atoms with E-state index in [-0.39, 0.29) is 18.9 Å². The first-order valence-corrected chi connectivity index (χ1v) is 9.38. The van der Waals surface area contributed by atoms with Crippen molar-refractivity contribution < 1.29 is 24.5 Å². The van der Waals surface area contributed by atoms with E-state index in [1.54, 1.807) is 18.2 Å². The summed E-state index contributed by atoms with van der Waals surface area (Å²) in [7, 11) is 0. The first kappa shape index (κ1) is 19.0. The van der Waals surface area contributed by atoms with E-state index < -0.39 is 17.5 Å². The van der Waals surface area contributed by atoms with Gasteiger partial charge >= 0.3 is 5.97 Å². The molecule has 1 aliphatic carbocycles. The van der Waals surface area contributed by atoms with Crippen molar-refractivity contribution in [3.8, 4) is 5.75 Å². The SMILES string of the molecule is CCOc1ccc(C(=O)N2CC[C@@H](O)[C@](CC3CC3)(C(=O)O)C2)cc1Cl. The number of benzene rings is 1. The quantitative estimate of drug-likeness (QED) is 0.791. The molecule has 3 rings (SSSR count). The molecular formula is C19H24ClNO5. The van der Waals surface area contributed by atoms with Crippen LogP contribution in [0.5, 0.6) is 5.75 Å². The second-order valence-electron chi connectivity index (χ2n) is 7.22. The second kappa shape index (κ2) is 7.45. The normalized spacial score (nSPS) is 25.8. The van der Waals surface area contributed by atoms with Gasteiger partial charge in [0.15, 0.2) is 0 Å². The summed E-state index contributed by atoms with van der Waals surface area (Å²) in [4.78, 5) is 26.4. The molecule has 0 radical (unpaired) electrons. The van der Waals surface area contributed by atoms with Crippen LogP contribution in [0.4, 0.5) is 0 Å². The number of aliphatic hydroxyl groups excluding tert-OH is 1. The Labute approximate surface area is 157 Å². The number of carbonyl (C=O) groups is 2. The van der Waals surface area contributed by atoms with Crippen LogP contribution in [0.25, 0.3) is 0 Å². The number of amides is 1. The number of hydrogen-bond acceptors (Lipinski definition) is 4. The first-order valence-electron chi connectivity index (χ1n) is 9.00. The molecule has 0 aromatic heterocycles. The zero-order chi connectivity index (χ0) is 18.9. The molecule has 1 heterocycles. The van der Waals surface area contributed by atoms with Crippen molar-refractivity contribution >= 4 is 23.5 Å². The van der Waals surface area contributed by atoms with Gasteiger partial charge in [0.2, 0.25) is 0 Å². The van der Waals surface area contributed by atoms with E-state index in [2.05, 4.69) is 0 Å². The lowest BCUT2D eigenvalue weighted by Gasteiger charge is -2.43. The smallest absolute Gasteiger partial charge is 0.314 e. The van der Waals surface area contributed by atoms with Crippen molar-refractivity contribution in [2.45, 2.75) is 38.7 Å². The highest BCUT2D eigenvalue weighted by molar-refractivity contribution is 6.32. The van der Waals surface area contributed by atoms with Gasteiger partial charge in [-0.15, -0.1) is 0 Å². The number of hydrogen-bond donors (Lipinski definition) is 2. The van der Waals surface area contributed by atoms with E-state index in [1.165, 1.54) is 4.90 Å². The molecule has 1 amide bonds. The maximum absolute atomic E-state index is 12.9. The summed E-state index contributed by atoms with van der Waals surface area (Å²) < 4.78 is 5.38. The second-order valence-corrected chi connectivity index (χ2v) is 7.63. The summed E-state index contributed by atoms with van der Waals surface area (Å²) in [6.45, 7) is 2.66. The van der Waals surface area contributed by atoms with Gasteiger partial charge in [-0.3, -0.25) is 9.59 Å². The maximum Gasteiger partial charge on any atom is 0.314 e. The number of piperidine rings is 1. The van der Waals surface area contributed by atoms with Gasteiger partial charge in [0.1, 0.15) is 11.2 Å². The molecule has 0 bridgehead atoms. The Morgan fingerprint density at radius 1 is 1.35 bits per heavy atom. The van der Waals surface area contributed by atoms with Gasteiger partial charge in [0.05, 0.1) is 17.7 Å². The topological polar surface area (TPSA) is 87.1 Å². The number of rotatable bonds is 6. The predicted molar refractivity (Wildman–Crippen MR) is 96.6 cm³/mol. The molecule has 0 unspecified atom stereocenters. The van der Waals surface area contributed by atoms with E-state index in [0.717, 1.165) is 12.8 Å². The summed E-state index contributed by atoms with van der Waals surface area (Å²) in [5.41, 5.74) is -0.898. The van der Waals surface area contributed by atoms with Gasteiger partial charge < -0.3 is 19.8 Å². The fourth-order valence-corrected chi connectivity index (χ4v) is 3.91. The van der Waals surface area contributed by atoms with E-state index in [0.29, 0.717) is 41.8 Å². The average Bonchev–Trinajstić information content (AvgIpc) is 3.42. The lowest BCUT2D eigenvalue weighted by molar-refractivity contribution is -0.163. The predicted octanol–water partition coefficient (Wildman–Crippen LogP) is 2.82. The third-order valence-electron chi connectivity index (χ3n) is 5.32. The number of halogens is 1. The van der Waals surface area contributed by atoms with Crippen LogP contribution in [0, 0.1) is 11.3 Å². The molecule has 7 heteroatoms. The minimum absolute atomic E-state index is 0.0175. The number of carboxylic acid groups (broad SMARTS) is 1. The summed E-state index contributed by atoms with van der Waals surface area (Å²) in [6, 6.07) is 4.82. The number of carbonyl (C=O) groups excluding carboxylic acids is 1. The van der Waals surface area contributed by atoms with Crippen LogP contribution < -0.4 is 4.74 Å². The van der Waals surface area contributed by atoms with Crippen LogP contribution >= 0.6 is 11.6 Å². The van der Waals surface area contributed by atoms with Crippen molar-refractivity contribution in [2.75, 3.05) is 19.7 Å². The van der Waals surface area contributed by atoms with Crippen LogP contribution in [-0.2, 0) is 4.79 Å². The average molecular weight is 382 g/mol. The Hall–Kier alpha value is -1.79. The van der Waals surface area contributed by atoms with Crippen molar-refractivity contribution in [3.63, 3.8) is 0 Å². The molecule has 2 aliphatic rings. The molecule has 142 valence electrons. The van der Waals surface area contributed by atoms with E-state index in [4.69, 9.17) is 16.3 Å². The van der Waals surface area contributed by atoms with Crippen LogP contribution in [0.15, 0.2) is 18.2 Å². The third-order valence-corrected chi connectivity index (χ3v) is 5.62. The minimum atomic E-state index is -1.29. The number of aliphatic carboxylic acids is 1. The maximum atomic E-state index is 12.9. The number of carboxylic acids is 1. The van der Waals surface area contributed by atoms with Crippen molar-refractivity contribution in [1.82, 2.24) is 4.90 Å². The van der Waals surface area contributed by atoms with Gasteiger partial charge in [0, 0.05) is 18.7 Å². The number of aliphatic hydroxyl groups is 1. The van der Waals surface area contributed by atoms with Crippen LogP contribution in [-0.4, -0.2) is 52.8 Å². The Morgan fingerprint density at radius 3 is 2.65 bits per heavy atom. The van der Waals surface area contributed by atoms with E-state index in [9.17, 15) is 19.8 Å². The van der Waals surface area contributed by atoms with Gasteiger partial charge in [-0.1, -0.05) is 24.4 Å². The molecule has 1 aromatic carbocycles. The lowest BCUT2D eigenvalue weighted by Crippen LogP contribution is -2.57. The van der Waals surface area contributed by atoms with Crippen LogP contribution in [0.3, 0.4) is 0 Å². The molecule has 1 aromatic rings. The van der Waals surface area contributed by atoms with Gasteiger partial charge in [-0.2, -0.15) is 0 Å². The Bertz CT molecular complexity index is 705. The van der Waals surface area contributed by atoms with Crippen molar-refractivity contribution in [3.05, 3.63) is 28.8 Å². The Morgan fingerprint density at radius 2 is 2.08 bits per heavy atom. The molecule has 2 fully saturated rings. The Kier molecular flexibility index (Phi) is 5.44. The molecule has 26 heavy (non-hydrogen) atoms. The van der Waals surface area contributed by atoms with Gasteiger partial charge in [-0.05, 0) is 43.9 Å². The molecule has 1 saturated carbocycles. The molecule has 1 aliphatic heterocycles. The first-order chi connectivity index (χ1) is 12.4. The van der Waals surface area contributed by atoms with Crippen LogP contribution in [0.1, 0.15) is 43.0 Å². The highest BCUT2D eigenvalue weighted by Gasteiger charge is 2.52. The molecule has 1 saturated heterocycles. The van der Waals surface area contributed by atoms with E-state index in [1.807, 2.05) is 6.92 Å². The standard InChI is InChI=1S/C19H24ClNO5/c1-2-26-15-6-5-13(9-14(15)20)17(23)21-8-7-16(22)19(11-21,18(24)25)10-12-3-4-12/h5-6,9,12,16,22H,2-4,7-8,10-11H2,1H3,(H,24,25)/t16-,19-/m1/s1. The van der Waals surface area contributed by atoms with Crippen molar-refractivity contribution in [2.24, 2.45) is 11.3 Å². The van der Waals surface area contributed by atoms with Gasteiger partial charge in [-0.25, -0.2) is 0 Å². The van der Waals surface area contributed by atoms with Crippen LogP contribution in [0.2, 0.25) is 5.02 Å². The van der Waals surface area contributed by atoms with Gasteiger partial charge in [0.25, 0.3) is 5.91 Å². The number of likely N-dealkylation sites (tertiary alicyclic amines) is 1. The zero-order valence-corrected chi connectivity index (χ0v) is 15.5.